The van der Waals surface area contributed by atoms with E-state index in [0.29, 0.717) is 11.8 Å². The number of nitrogens with zero attached hydrogens (tertiary/aromatic N) is 5. The lowest BCUT2D eigenvalue weighted by Crippen LogP contribution is -1.88. The third-order valence-electron chi connectivity index (χ3n) is 2.82. The Bertz CT molecular complexity index is 481. The third kappa shape index (κ3) is 4.85. The summed E-state index contributed by atoms with van der Waals surface area (Å²) >= 11 is 0. The molecule has 2 aromatic heterocycles. The van der Waals surface area contributed by atoms with Gasteiger partial charge in [0.15, 0.2) is 0 Å². The first-order valence-corrected chi connectivity index (χ1v) is 6.81. The second-order valence-electron chi connectivity index (χ2n) is 5.26. The molecule has 0 radical (unpaired) electrons. The highest BCUT2D eigenvalue weighted by atomic mass is 15.4. The van der Waals surface area contributed by atoms with Crippen molar-refractivity contribution in [2.75, 3.05) is 0 Å². The van der Waals surface area contributed by atoms with Gasteiger partial charge in [-0.15, -0.1) is 5.10 Å². The fourth-order valence-corrected chi connectivity index (χ4v) is 1.48. The molecule has 0 atom stereocenters. The Morgan fingerprint density at radius 3 is 1.95 bits per heavy atom. The molecular formula is C14H25N5. The van der Waals surface area contributed by atoms with Gasteiger partial charge < -0.3 is 4.57 Å². The van der Waals surface area contributed by atoms with Crippen molar-refractivity contribution in [3.05, 3.63) is 30.1 Å². The molecule has 0 saturated carbocycles. The summed E-state index contributed by atoms with van der Waals surface area (Å²) in [6, 6.07) is 0. The van der Waals surface area contributed by atoms with Crippen LogP contribution < -0.4 is 0 Å². The molecule has 0 aliphatic rings. The predicted molar refractivity (Wildman–Crippen MR) is 77.1 cm³/mol. The lowest BCUT2D eigenvalue weighted by atomic mass is 10.2. The highest BCUT2D eigenvalue weighted by Gasteiger charge is 2.01. The van der Waals surface area contributed by atoms with Crippen molar-refractivity contribution in [2.45, 2.75) is 53.0 Å². The largest absolute Gasteiger partial charge is 0.337 e. The van der Waals surface area contributed by atoms with Gasteiger partial charge >= 0.3 is 0 Å². The molecule has 0 bridgehead atoms. The smallest absolute Gasteiger partial charge is 0.0949 e. The summed E-state index contributed by atoms with van der Waals surface area (Å²) in [6.45, 7) is 11.6. The van der Waals surface area contributed by atoms with Crippen LogP contribution in [0.5, 0.6) is 0 Å². The van der Waals surface area contributed by atoms with E-state index in [9.17, 15) is 0 Å². The molecule has 0 fully saturated rings. The maximum atomic E-state index is 4.25. The van der Waals surface area contributed by atoms with Crippen LogP contribution in [0.25, 0.3) is 0 Å². The molecule has 0 aliphatic carbocycles. The summed E-state index contributed by atoms with van der Waals surface area (Å²) in [7, 11) is 1.87. The monoisotopic (exact) mass is 263 g/mol. The van der Waals surface area contributed by atoms with Gasteiger partial charge in [-0.05, 0) is 18.8 Å². The first-order valence-electron chi connectivity index (χ1n) is 6.81. The zero-order valence-corrected chi connectivity index (χ0v) is 12.8. The van der Waals surface area contributed by atoms with E-state index >= 15 is 0 Å². The Morgan fingerprint density at radius 2 is 1.68 bits per heavy atom. The van der Waals surface area contributed by atoms with Gasteiger partial charge in [0.25, 0.3) is 0 Å². The Hall–Kier alpha value is -1.65. The summed E-state index contributed by atoms with van der Waals surface area (Å²) in [5.41, 5.74) is 2.24. The Kier molecular flexibility index (Phi) is 5.73. The van der Waals surface area contributed by atoms with Crippen LogP contribution in [0.1, 0.15) is 57.8 Å². The summed E-state index contributed by atoms with van der Waals surface area (Å²) in [6.07, 6.45) is 5.92. The van der Waals surface area contributed by atoms with Crippen LogP contribution in [0.15, 0.2) is 18.7 Å². The van der Waals surface area contributed by atoms with Gasteiger partial charge in [-0.25, -0.2) is 4.98 Å². The van der Waals surface area contributed by atoms with Gasteiger partial charge in [-0.3, -0.25) is 4.68 Å². The molecule has 2 rings (SSSR count). The highest BCUT2D eigenvalue weighted by Crippen LogP contribution is 2.10. The number of aromatic nitrogens is 5. The van der Waals surface area contributed by atoms with E-state index in [1.54, 1.807) is 4.68 Å². The average Bonchev–Trinajstić information content (AvgIpc) is 2.97. The summed E-state index contributed by atoms with van der Waals surface area (Å²) in [4.78, 5) is 4.25. The zero-order chi connectivity index (χ0) is 14.4. The topological polar surface area (TPSA) is 48.5 Å². The van der Waals surface area contributed by atoms with Crippen molar-refractivity contribution in [2.24, 2.45) is 7.05 Å². The molecule has 5 nitrogen and oxygen atoms in total. The van der Waals surface area contributed by atoms with Crippen LogP contribution in [0, 0.1) is 0 Å². The Labute approximate surface area is 115 Å². The van der Waals surface area contributed by atoms with Gasteiger partial charge in [0.2, 0.25) is 0 Å². The Balaban J connectivity index is 0.000000191. The fraction of sp³-hybridized carbons (Fsp3) is 0.643. The normalized spacial score (nSPS) is 10.7. The van der Waals surface area contributed by atoms with Gasteiger partial charge in [-0.2, -0.15) is 0 Å². The van der Waals surface area contributed by atoms with Crippen LogP contribution in [-0.4, -0.2) is 24.5 Å². The van der Waals surface area contributed by atoms with Crippen LogP contribution in [0.3, 0.4) is 0 Å². The maximum Gasteiger partial charge on any atom is 0.0949 e. The SMILES string of the molecule is CC(C)c1cn(C)nn1.CCn1cnc(C(C)C)c1. The van der Waals surface area contributed by atoms with Gasteiger partial charge in [0.1, 0.15) is 0 Å². The first-order chi connectivity index (χ1) is 8.93. The van der Waals surface area contributed by atoms with Crippen LogP contribution in [0.4, 0.5) is 0 Å². The molecule has 5 heteroatoms. The molecule has 0 unspecified atom stereocenters. The molecule has 19 heavy (non-hydrogen) atoms. The lowest BCUT2D eigenvalue weighted by molar-refractivity contribution is 0.710. The number of imidazole rings is 1. The summed E-state index contributed by atoms with van der Waals surface area (Å²) < 4.78 is 3.81. The Morgan fingerprint density at radius 1 is 1.05 bits per heavy atom. The molecule has 2 aromatic rings. The number of aryl methyl sites for hydroxylation is 2. The minimum absolute atomic E-state index is 0.485. The van der Waals surface area contributed by atoms with E-state index in [1.807, 2.05) is 19.6 Å². The van der Waals surface area contributed by atoms with E-state index in [2.05, 4.69) is 60.7 Å². The van der Waals surface area contributed by atoms with Crippen molar-refractivity contribution in [1.29, 1.82) is 0 Å². The molecule has 2 heterocycles. The minimum Gasteiger partial charge on any atom is -0.337 e. The van der Waals surface area contributed by atoms with Crippen LogP contribution in [-0.2, 0) is 13.6 Å². The standard InChI is InChI=1S/C8H14N2.C6H11N3/c1-4-10-5-8(7(2)3)9-6-10;1-5(2)6-4-9(3)8-7-6/h5-7H,4H2,1-3H3;4-5H,1-3H3. The molecule has 0 amide bonds. The average molecular weight is 263 g/mol. The maximum absolute atomic E-state index is 4.25. The number of rotatable bonds is 3. The van der Waals surface area contributed by atoms with Crippen molar-refractivity contribution in [1.82, 2.24) is 24.5 Å². The van der Waals surface area contributed by atoms with Crippen molar-refractivity contribution < 1.29 is 0 Å². The van der Waals surface area contributed by atoms with Gasteiger partial charge in [-0.1, -0.05) is 32.9 Å². The van der Waals surface area contributed by atoms with E-state index in [4.69, 9.17) is 0 Å². The zero-order valence-electron chi connectivity index (χ0n) is 12.8. The second kappa shape index (κ2) is 7.07. The van der Waals surface area contributed by atoms with Gasteiger partial charge in [0, 0.05) is 26.0 Å². The van der Waals surface area contributed by atoms with Crippen LogP contribution >= 0.6 is 0 Å². The molecule has 106 valence electrons. The number of hydrogen-bond acceptors (Lipinski definition) is 3. The first kappa shape index (κ1) is 15.4. The molecule has 0 aliphatic heterocycles. The quantitative estimate of drug-likeness (QED) is 0.855. The number of hydrogen-bond donors (Lipinski definition) is 0. The van der Waals surface area contributed by atoms with Crippen molar-refractivity contribution >= 4 is 0 Å². The van der Waals surface area contributed by atoms with E-state index in [1.165, 1.54) is 5.69 Å². The molecule has 0 saturated heterocycles. The summed E-state index contributed by atoms with van der Waals surface area (Å²) in [5, 5.41) is 7.73. The van der Waals surface area contributed by atoms with Crippen LogP contribution in [0.2, 0.25) is 0 Å². The minimum atomic E-state index is 0.485. The predicted octanol–water partition coefficient (Wildman–Crippen LogP) is 2.96. The highest BCUT2D eigenvalue weighted by molar-refractivity contribution is 5.01. The molecular weight excluding hydrogens is 238 g/mol. The van der Waals surface area contributed by atoms with E-state index in [-0.39, 0.29) is 0 Å². The van der Waals surface area contributed by atoms with Crippen molar-refractivity contribution in [3.63, 3.8) is 0 Å². The molecule has 0 aromatic carbocycles. The lowest BCUT2D eigenvalue weighted by Gasteiger charge is -1.96. The van der Waals surface area contributed by atoms with E-state index < -0.39 is 0 Å². The molecule has 0 N–H and O–H groups in total. The second-order valence-corrected chi connectivity index (χ2v) is 5.26. The van der Waals surface area contributed by atoms with E-state index in [0.717, 1.165) is 12.2 Å². The van der Waals surface area contributed by atoms with Gasteiger partial charge in [0.05, 0.1) is 17.7 Å². The fourth-order valence-electron chi connectivity index (χ4n) is 1.48. The van der Waals surface area contributed by atoms with Crippen molar-refractivity contribution in [3.8, 4) is 0 Å². The third-order valence-corrected chi connectivity index (χ3v) is 2.82. The summed E-state index contributed by atoms with van der Waals surface area (Å²) in [5.74, 6) is 1.03. The molecule has 0 spiro atoms.